The van der Waals surface area contributed by atoms with Crippen molar-refractivity contribution in [2.45, 2.75) is 63.9 Å². The molecule has 0 bridgehead atoms. The molecule has 0 fully saturated rings. The molecular weight excluding hydrogens is 292 g/mol. The topological polar surface area (TPSA) is 58.2 Å². The minimum atomic E-state index is -3.37. The van der Waals surface area contributed by atoms with E-state index in [9.17, 15) is 8.42 Å². The van der Waals surface area contributed by atoms with Crippen LogP contribution in [-0.2, 0) is 16.6 Å². The summed E-state index contributed by atoms with van der Waals surface area (Å²) in [4.78, 5) is 1.43. The second-order valence-corrected chi connectivity index (χ2v) is 7.76. The maximum atomic E-state index is 12.2. The van der Waals surface area contributed by atoms with Gasteiger partial charge >= 0.3 is 0 Å². The van der Waals surface area contributed by atoms with Gasteiger partial charge in [0.15, 0.2) is 0 Å². The van der Waals surface area contributed by atoms with Crippen LogP contribution in [-0.4, -0.2) is 21.0 Å². The van der Waals surface area contributed by atoms with Gasteiger partial charge in [-0.2, -0.15) is 0 Å². The monoisotopic (exact) mass is 318 g/mol. The Morgan fingerprint density at radius 1 is 1.30 bits per heavy atom. The van der Waals surface area contributed by atoms with Crippen LogP contribution >= 0.6 is 11.3 Å². The molecule has 4 nitrogen and oxygen atoms in total. The van der Waals surface area contributed by atoms with Crippen molar-refractivity contribution in [3.63, 3.8) is 0 Å². The van der Waals surface area contributed by atoms with Crippen molar-refractivity contribution in [2.24, 2.45) is 0 Å². The molecule has 0 saturated heterocycles. The van der Waals surface area contributed by atoms with Crippen LogP contribution in [0.5, 0.6) is 0 Å². The van der Waals surface area contributed by atoms with Crippen LogP contribution in [0.2, 0.25) is 0 Å². The third-order valence-corrected chi connectivity index (χ3v) is 5.74. The smallest absolute Gasteiger partial charge is 0.241 e. The average Bonchev–Trinajstić information content (AvgIpc) is 2.85. The second-order valence-electron chi connectivity index (χ2n) is 5.05. The number of unbranched alkanes of at least 4 members (excludes halogenated alkanes) is 2. The molecule has 1 unspecified atom stereocenters. The molecule has 2 N–H and O–H groups in total. The van der Waals surface area contributed by atoms with Crippen molar-refractivity contribution in [1.82, 2.24) is 10.0 Å². The van der Waals surface area contributed by atoms with Crippen molar-refractivity contribution < 1.29 is 8.42 Å². The molecule has 0 aliphatic heterocycles. The van der Waals surface area contributed by atoms with Crippen LogP contribution in [0.3, 0.4) is 0 Å². The molecule has 1 aromatic heterocycles. The summed E-state index contributed by atoms with van der Waals surface area (Å²) in [6, 6.07) is 1.75. The molecule has 0 saturated carbocycles. The summed E-state index contributed by atoms with van der Waals surface area (Å²) in [5.74, 6) is 0. The Kier molecular flexibility index (Phi) is 7.72. The number of thiophene rings is 1. The van der Waals surface area contributed by atoms with Crippen LogP contribution in [0.15, 0.2) is 16.3 Å². The van der Waals surface area contributed by atoms with Gasteiger partial charge in [-0.15, -0.1) is 11.3 Å². The summed E-state index contributed by atoms with van der Waals surface area (Å²) in [5, 5.41) is 4.92. The van der Waals surface area contributed by atoms with Crippen molar-refractivity contribution in [3.8, 4) is 0 Å². The van der Waals surface area contributed by atoms with E-state index in [4.69, 9.17) is 0 Å². The number of hydrogen-bond donors (Lipinski definition) is 2. The van der Waals surface area contributed by atoms with E-state index in [0.29, 0.717) is 4.90 Å². The second kappa shape index (κ2) is 8.77. The maximum absolute atomic E-state index is 12.2. The van der Waals surface area contributed by atoms with Gasteiger partial charge in [0, 0.05) is 22.8 Å². The Balaban J connectivity index is 2.57. The van der Waals surface area contributed by atoms with Gasteiger partial charge in [0.1, 0.15) is 0 Å². The van der Waals surface area contributed by atoms with E-state index in [2.05, 4.69) is 17.0 Å². The van der Waals surface area contributed by atoms with Crippen molar-refractivity contribution in [2.75, 3.05) is 6.54 Å². The summed E-state index contributed by atoms with van der Waals surface area (Å²) >= 11 is 1.48. The average molecular weight is 319 g/mol. The Hall–Kier alpha value is -0.430. The molecule has 0 amide bonds. The molecule has 0 aliphatic carbocycles. The van der Waals surface area contributed by atoms with E-state index < -0.39 is 10.0 Å². The third kappa shape index (κ3) is 5.91. The minimum Gasteiger partial charge on any atom is -0.312 e. The first-order valence-corrected chi connectivity index (χ1v) is 9.66. The molecule has 0 radical (unpaired) electrons. The van der Waals surface area contributed by atoms with Crippen molar-refractivity contribution in [3.05, 3.63) is 16.3 Å². The molecule has 116 valence electrons. The quantitative estimate of drug-likeness (QED) is 0.652. The molecule has 1 heterocycles. The Morgan fingerprint density at radius 2 is 2.05 bits per heavy atom. The van der Waals surface area contributed by atoms with E-state index in [1.165, 1.54) is 11.3 Å². The summed E-state index contributed by atoms with van der Waals surface area (Å²) in [6.07, 6.45) is 4.26. The first kappa shape index (κ1) is 17.6. The van der Waals surface area contributed by atoms with Crippen molar-refractivity contribution >= 4 is 21.4 Å². The van der Waals surface area contributed by atoms with E-state index >= 15 is 0 Å². The van der Waals surface area contributed by atoms with Gasteiger partial charge in [-0.3, -0.25) is 0 Å². The number of nitrogens with one attached hydrogen (secondary N) is 2. The predicted octanol–water partition coefficient (Wildman–Crippen LogP) is 3.10. The number of hydrogen-bond acceptors (Lipinski definition) is 4. The standard InChI is InChI=1S/C14H26N2O2S2/c1-4-6-7-8-12(3)16-20(17,18)14-9-13(19-11-14)10-15-5-2/h9,11-12,15-16H,4-8,10H2,1-3H3. The molecule has 6 heteroatoms. The number of sulfonamides is 1. The van der Waals surface area contributed by atoms with Gasteiger partial charge in [-0.1, -0.05) is 33.1 Å². The zero-order valence-electron chi connectivity index (χ0n) is 12.6. The zero-order chi connectivity index (χ0) is 15.0. The Labute approximate surface area is 127 Å². The maximum Gasteiger partial charge on any atom is 0.241 e. The predicted molar refractivity (Wildman–Crippen MR) is 85.6 cm³/mol. The summed E-state index contributed by atoms with van der Waals surface area (Å²) < 4.78 is 27.2. The largest absolute Gasteiger partial charge is 0.312 e. The van der Waals surface area contributed by atoms with E-state index in [0.717, 1.165) is 43.6 Å². The van der Waals surface area contributed by atoms with Gasteiger partial charge in [0.2, 0.25) is 10.0 Å². The summed E-state index contributed by atoms with van der Waals surface area (Å²) in [6.45, 7) is 7.71. The van der Waals surface area contributed by atoms with Gasteiger partial charge < -0.3 is 5.32 Å². The van der Waals surface area contributed by atoms with Crippen LogP contribution in [0, 0.1) is 0 Å². The van der Waals surface area contributed by atoms with E-state index in [1.54, 1.807) is 11.4 Å². The molecule has 0 aliphatic rings. The van der Waals surface area contributed by atoms with Crippen LogP contribution in [0.4, 0.5) is 0 Å². The van der Waals surface area contributed by atoms with Crippen LogP contribution in [0.1, 0.15) is 51.3 Å². The highest BCUT2D eigenvalue weighted by Gasteiger charge is 2.18. The minimum absolute atomic E-state index is 0.0105. The van der Waals surface area contributed by atoms with Gasteiger partial charge in [-0.05, 0) is 26.0 Å². The highest BCUT2D eigenvalue weighted by atomic mass is 32.2. The molecular formula is C14H26N2O2S2. The first-order valence-electron chi connectivity index (χ1n) is 7.30. The normalized spacial score (nSPS) is 13.6. The molecule has 1 aromatic rings. The first-order chi connectivity index (χ1) is 9.49. The number of rotatable bonds is 10. The van der Waals surface area contributed by atoms with Crippen LogP contribution in [0.25, 0.3) is 0 Å². The lowest BCUT2D eigenvalue weighted by atomic mass is 10.1. The molecule has 1 rings (SSSR count). The molecule has 0 aromatic carbocycles. The Morgan fingerprint density at radius 3 is 2.70 bits per heavy atom. The lowest BCUT2D eigenvalue weighted by molar-refractivity contribution is 0.527. The van der Waals surface area contributed by atoms with E-state index in [-0.39, 0.29) is 6.04 Å². The molecule has 1 atom stereocenters. The fourth-order valence-electron chi connectivity index (χ4n) is 1.93. The summed E-state index contributed by atoms with van der Waals surface area (Å²) in [7, 11) is -3.37. The summed E-state index contributed by atoms with van der Waals surface area (Å²) in [5.41, 5.74) is 0. The SMILES string of the molecule is CCCCCC(C)NS(=O)(=O)c1csc(CNCC)c1. The van der Waals surface area contributed by atoms with Gasteiger partial charge in [0.05, 0.1) is 4.90 Å². The fourth-order valence-corrected chi connectivity index (χ4v) is 4.46. The zero-order valence-corrected chi connectivity index (χ0v) is 14.2. The van der Waals surface area contributed by atoms with Gasteiger partial charge in [0.25, 0.3) is 0 Å². The lowest BCUT2D eigenvalue weighted by Crippen LogP contribution is -2.32. The molecule has 0 spiro atoms. The third-order valence-electron chi connectivity index (χ3n) is 3.09. The highest BCUT2D eigenvalue weighted by molar-refractivity contribution is 7.89. The fraction of sp³-hybridized carbons (Fsp3) is 0.714. The van der Waals surface area contributed by atoms with Gasteiger partial charge in [-0.25, -0.2) is 13.1 Å². The Bertz CT molecular complexity index is 483. The lowest BCUT2D eigenvalue weighted by Gasteiger charge is -2.13. The molecule has 20 heavy (non-hydrogen) atoms. The van der Waals surface area contributed by atoms with Crippen molar-refractivity contribution in [1.29, 1.82) is 0 Å². The van der Waals surface area contributed by atoms with E-state index in [1.807, 2.05) is 13.8 Å². The van der Waals surface area contributed by atoms with Crippen LogP contribution < -0.4 is 10.0 Å². The highest BCUT2D eigenvalue weighted by Crippen LogP contribution is 2.19.